The third kappa shape index (κ3) is 11.0. The molecule has 200 valence electrons. The summed E-state index contributed by atoms with van der Waals surface area (Å²) in [5.74, 6) is 3.68. The zero-order valence-electron chi connectivity index (χ0n) is 23.4. The minimum Gasteiger partial charge on any atom is -0.494 e. The van der Waals surface area contributed by atoms with Crippen molar-refractivity contribution in [3.8, 4) is 17.1 Å². The second kappa shape index (κ2) is 17.5. The van der Waals surface area contributed by atoms with Gasteiger partial charge in [0.25, 0.3) is 0 Å². The van der Waals surface area contributed by atoms with Crippen molar-refractivity contribution in [1.82, 2.24) is 9.97 Å². The lowest BCUT2D eigenvalue weighted by molar-refractivity contribution is 0.228. The maximum atomic E-state index is 6.03. The molecule has 1 heterocycles. The van der Waals surface area contributed by atoms with Crippen molar-refractivity contribution in [3.05, 3.63) is 42.2 Å². The van der Waals surface area contributed by atoms with Gasteiger partial charge in [0, 0.05) is 18.0 Å². The molecule has 0 radical (unpaired) electrons. The predicted molar refractivity (Wildman–Crippen MR) is 153 cm³/mol. The van der Waals surface area contributed by atoms with E-state index >= 15 is 0 Å². The van der Waals surface area contributed by atoms with E-state index in [1.54, 1.807) is 0 Å². The molecule has 0 spiro atoms. The van der Waals surface area contributed by atoms with Gasteiger partial charge < -0.3 is 4.74 Å². The third-order valence-electron chi connectivity index (χ3n) is 8.09. The Kier molecular flexibility index (Phi) is 14.0. The van der Waals surface area contributed by atoms with Gasteiger partial charge in [-0.15, -0.1) is 0 Å². The molecule has 0 atom stereocenters. The second-order valence-electron chi connectivity index (χ2n) is 11.2. The minimum absolute atomic E-state index is 0.802. The fourth-order valence-corrected chi connectivity index (χ4v) is 5.66. The van der Waals surface area contributed by atoms with Gasteiger partial charge in [0.05, 0.1) is 6.61 Å². The number of unbranched alkanes of at least 4 members (excludes halogenated alkanes) is 8. The third-order valence-corrected chi connectivity index (χ3v) is 8.09. The Morgan fingerprint density at radius 2 is 1.22 bits per heavy atom. The van der Waals surface area contributed by atoms with E-state index in [1.807, 2.05) is 12.4 Å². The molecule has 3 nitrogen and oxygen atoms in total. The summed E-state index contributed by atoms with van der Waals surface area (Å²) in [7, 11) is 0. The highest BCUT2D eigenvalue weighted by Gasteiger charge is 2.20. The minimum atomic E-state index is 0.802. The average molecular weight is 493 g/mol. The monoisotopic (exact) mass is 492 g/mol. The number of aromatic nitrogens is 2. The first-order valence-electron chi connectivity index (χ1n) is 15.3. The fourth-order valence-electron chi connectivity index (χ4n) is 5.66. The van der Waals surface area contributed by atoms with Gasteiger partial charge in [-0.05, 0) is 67.3 Å². The van der Waals surface area contributed by atoms with E-state index in [0.717, 1.165) is 48.4 Å². The zero-order valence-corrected chi connectivity index (χ0v) is 23.4. The van der Waals surface area contributed by atoms with E-state index in [1.165, 1.54) is 108 Å². The van der Waals surface area contributed by atoms with Gasteiger partial charge >= 0.3 is 0 Å². The molecule has 36 heavy (non-hydrogen) atoms. The van der Waals surface area contributed by atoms with E-state index in [4.69, 9.17) is 4.74 Å². The molecule has 1 fully saturated rings. The van der Waals surface area contributed by atoms with E-state index in [9.17, 15) is 0 Å². The van der Waals surface area contributed by atoms with Crippen LogP contribution in [0.15, 0.2) is 36.7 Å². The van der Waals surface area contributed by atoms with Crippen LogP contribution in [0.5, 0.6) is 5.75 Å². The van der Waals surface area contributed by atoms with E-state index in [-0.39, 0.29) is 0 Å². The molecular weight excluding hydrogens is 440 g/mol. The summed E-state index contributed by atoms with van der Waals surface area (Å²) in [6.45, 7) is 5.40. The number of hydrogen-bond donors (Lipinski definition) is 0. The number of benzene rings is 1. The molecule has 0 N–H and O–H groups in total. The fraction of sp³-hybridized carbons (Fsp3) is 0.697. The first-order chi connectivity index (χ1) is 17.8. The van der Waals surface area contributed by atoms with Crippen molar-refractivity contribution >= 4 is 0 Å². The lowest BCUT2D eigenvalue weighted by atomic mass is 9.78. The molecule has 1 aliphatic rings. The van der Waals surface area contributed by atoms with Crippen molar-refractivity contribution in [2.24, 2.45) is 11.8 Å². The highest BCUT2D eigenvalue weighted by atomic mass is 16.5. The van der Waals surface area contributed by atoms with Crippen molar-refractivity contribution in [2.75, 3.05) is 6.61 Å². The Labute approximate surface area is 221 Å². The van der Waals surface area contributed by atoms with Crippen LogP contribution in [0.4, 0.5) is 0 Å². The summed E-state index contributed by atoms with van der Waals surface area (Å²) in [6.07, 6.45) is 28.4. The van der Waals surface area contributed by atoms with Crippen LogP contribution in [0.1, 0.15) is 129 Å². The molecular formula is C33H52N2O. The maximum absolute atomic E-state index is 6.03. The number of aryl methyl sites for hydroxylation is 1. The Bertz CT molecular complexity index is 793. The van der Waals surface area contributed by atoms with E-state index in [0.29, 0.717) is 0 Å². The Morgan fingerprint density at radius 3 is 1.83 bits per heavy atom. The van der Waals surface area contributed by atoms with Gasteiger partial charge in [-0.2, -0.15) is 0 Å². The van der Waals surface area contributed by atoms with Gasteiger partial charge in [0.15, 0.2) is 5.82 Å². The van der Waals surface area contributed by atoms with Gasteiger partial charge in [-0.25, -0.2) is 9.97 Å². The molecule has 1 aliphatic carbocycles. The summed E-state index contributed by atoms with van der Waals surface area (Å²) in [4.78, 5) is 9.25. The standard InChI is InChI=1S/C33H52N2O/c1-3-5-7-8-9-10-11-12-15-30-26-34-33(35-27-30)31-21-23-32(24-22-31)36-25-13-16-29-19-17-28(18-20-29)14-6-4-2/h21-24,26-29H,3-20,25H2,1-2H3. The lowest BCUT2D eigenvalue weighted by Crippen LogP contribution is -2.15. The van der Waals surface area contributed by atoms with Gasteiger partial charge in [0.1, 0.15) is 5.75 Å². The van der Waals surface area contributed by atoms with Gasteiger partial charge in [0.2, 0.25) is 0 Å². The smallest absolute Gasteiger partial charge is 0.159 e. The van der Waals surface area contributed by atoms with Crippen molar-refractivity contribution in [3.63, 3.8) is 0 Å². The zero-order chi connectivity index (χ0) is 25.3. The van der Waals surface area contributed by atoms with Gasteiger partial charge in [-0.1, -0.05) is 104 Å². The summed E-state index contributed by atoms with van der Waals surface area (Å²) < 4.78 is 6.03. The van der Waals surface area contributed by atoms with E-state index < -0.39 is 0 Å². The average Bonchev–Trinajstić information content (AvgIpc) is 2.93. The quantitative estimate of drug-likeness (QED) is 0.194. The number of rotatable bonds is 18. The maximum Gasteiger partial charge on any atom is 0.159 e. The lowest BCUT2D eigenvalue weighted by Gasteiger charge is -2.28. The highest BCUT2D eigenvalue weighted by molar-refractivity contribution is 5.55. The Hall–Kier alpha value is -1.90. The van der Waals surface area contributed by atoms with Crippen molar-refractivity contribution < 1.29 is 4.74 Å². The predicted octanol–water partition coefficient (Wildman–Crippen LogP) is 9.98. The van der Waals surface area contributed by atoms with Crippen molar-refractivity contribution in [1.29, 1.82) is 0 Å². The Morgan fingerprint density at radius 1 is 0.667 bits per heavy atom. The molecule has 3 heteroatoms. The first kappa shape index (κ1) is 28.7. The van der Waals surface area contributed by atoms with Gasteiger partial charge in [-0.3, -0.25) is 0 Å². The molecule has 1 saturated carbocycles. The van der Waals surface area contributed by atoms with Crippen LogP contribution >= 0.6 is 0 Å². The summed E-state index contributed by atoms with van der Waals surface area (Å²) in [5.41, 5.74) is 2.31. The van der Waals surface area contributed by atoms with Crippen LogP contribution in [-0.2, 0) is 6.42 Å². The molecule has 0 saturated heterocycles. The molecule has 1 aromatic heterocycles. The number of ether oxygens (including phenoxy) is 1. The van der Waals surface area contributed by atoms with Crippen LogP contribution in [-0.4, -0.2) is 16.6 Å². The van der Waals surface area contributed by atoms with Crippen LogP contribution in [0, 0.1) is 11.8 Å². The molecule has 3 rings (SSSR count). The number of hydrogen-bond acceptors (Lipinski definition) is 3. The number of nitrogens with zero attached hydrogens (tertiary/aromatic N) is 2. The largest absolute Gasteiger partial charge is 0.494 e. The normalized spacial score (nSPS) is 17.8. The van der Waals surface area contributed by atoms with Crippen LogP contribution in [0.25, 0.3) is 11.4 Å². The summed E-state index contributed by atoms with van der Waals surface area (Å²) in [5, 5.41) is 0. The second-order valence-corrected chi connectivity index (χ2v) is 11.2. The summed E-state index contributed by atoms with van der Waals surface area (Å²) in [6, 6.07) is 8.29. The molecule has 0 unspecified atom stereocenters. The van der Waals surface area contributed by atoms with Crippen LogP contribution < -0.4 is 4.74 Å². The summed E-state index contributed by atoms with van der Waals surface area (Å²) >= 11 is 0. The van der Waals surface area contributed by atoms with Crippen LogP contribution in [0.3, 0.4) is 0 Å². The van der Waals surface area contributed by atoms with E-state index in [2.05, 4.69) is 48.1 Å². The molecule has 0 amide bonds. The molecule has 0 aliphatic heterocycles. The molecule has 0 bridgehead atoms. The Balaban J connectivity index is 1.28. The topological polar surface area (TPSA) is 35.0 Å². The SMILES string of the molecule is CCCCCCCCCCc1cnc(-c2ccc(OCCCC3CCC(CCCC)CC3)cc2)nc1. The molecule has 1 aromatic carbocycles. The highest BCUT2D eigenvalue weighted by Crippen LogP contribution is 2.34. The van der Waals surface area contributed by atoms with Crippen LogP contribution in [0.2, 0.25) is 0 Å². The molecule has 2 aromatic rings. The first-order valence-corrected chi connectivity index (χ1v) is 15.3. The van der Waals surface area contributed by atoms with Crippen molar-refractivity contribution in [2.45, 2.75) is 129 Å².